The Bertz CT molecular complexity index is 315. The normalized spacial score (nSPS) is 10.3. The fraction of sp³-hybridized carbons (Fsp3) is 0.500. The van der Waals surface area contributed by atoms with Gasteiger partial charge >= 0.3 is 0 Å². The Balaban J connectivity index is 3.17. The molecule has 1 heterocycles. The van der Waals surface area contributed by atoms with Crippen LogP contribution in [0.3, 0.4) is 0 Å². The van der Waals surface area contributed by atoms with E-state index in [4.69, 9.17) is 12.2 Å². The molecule has 0 saturated heterocycles. The zero-order valence-corrected chi connectivity index (χ0v) is 9.34. The number of nitrogens with zero attached hydrogens (tertiary/aromatic N) is 2. The first-order valence-electron chi connectivity index (χ1n) is 3.69. The monoisotopic (exact) mass is 200 g/mol. The maximum atomic E-state index is 5.15. The molecular weight excluding hydrogens is 188 g/mol. The second kappa shape index (κ2) is 3.58. The van der Waals surface area contributed by atoms with Crippen molar-refractivity contribution in [1.29, 1.82) is 0 Å². The first kappa shape index (κ1) is 9.74. The summed E-state index contributed by atoms with van der Waals surface area (Å²) in [6, 6.07) is 0. The van der Waals surface area contributed by atoms with E-state index in [9.17, 15) is 0 Å². The molecule has 0 bridgehead atoms. The quantitative estimate of drug-likeness (QED) is 0.598. The molecule has 2 nitrogen and oxygen atoms in total. The van der Waals surface area contributed by atoms with Gasteiger partial charge in [0.1, 0.15) is 0 Å². The van der Waals surface area contributed by atoms with Gasteiger partial charge in [-0.25, -0.2) is 4.68 Å². The summed E-state index contributed by atoms with van der Waals surface area (Å²) < 4.78 is 2.63. The number of aryl methyl sites for hydroxylation is 1. The van der Waals surface area contributed by atoms with Crippen LogP contribution in [0.25, 0.3) is 0 Å². The smallest absolute Gasteiger partial charge is 0.161 e. The highest BCUT2D eigenvalue weighted by Gasteiger charge is 2.09. The fourth-order valence-corrected chi connectivity index (χ4v) is 1.51. The Hall–Kier alpha value is -0.350. The molecule has 0 fully saturated rings. The Labute approximate surface area is 82.3 Å². The highest BCUT2D eigenvalue weighted by atomic mass is 32.2. The number of thiocarbonyl (C=S) groups is 1. The lowest BCUT2D eigenvalue weighted by Gasteiger charge is -2.01. The van der Waals surface area contributed by atoms with E-state index in [0.29, 0.717) is 0 Å². The van der Waals surface area contributed by atoms with E-state index in [1.165, 1.54) is 5.56 Å². The van der Waals surface area contributed by atoms with Crippen molar-refractivity contribution in [2.75, 3.05) is 6.26 Å². The molecule has 0 N–H and O–H groups in total. The highest BCUT2D eigenvalue weighted by Crippen LogP contribution is 2.13. The maximum absolute atomic E-state index is 5.15. The predicted octanol–water partition coefficient (Wildman–Crippen LogP) is 2.30. The number of hydrogen-bond acceptors (Lipinski definition) is 3. The van der Waals surface area contributed by atoms with Gasteiger partial charge in [0.15, 0.2) is 4.32 Å². The van der Waals surface area contributed by atoms with Gasteiger partial charge in [-0.1, -0.05) is 24.0 Å². The molecule has 0 amide bonds. The summed E-state index contributed by atoms with van der Waals surface area (Å²) >= 11 is 6.69. The minimum atomic E-state index is 0.809. The van der Waals surface area contributed by atoms with Crippen molar-refractivity contribution in [2.24, 2.45) is 0 Å². The van der Waals surface area contributed by atoms with Gasteiger partial charge in [0.05, 0.1) is 5.69 Å². The molecule has 0 spiro atoms. The molecule has 12 heavy (non-hydrogen) atoms. The average molecular weight is 200 g/mol. The minimum Gasteiger partial charge on any atom is -0.220 e. The fourth-order valence-electron chi connectivity index (χ4n) is 0.985. The van der Waals surface area contributed by atoms with Crippen LogP contribution in [0, 0.1) is 20.8 Å². The van der Waals surface area contributed by atoms with Gasteiger partial charge in [0.25, 0.3) is 0 Å². The third-order valence-electron chi connectivity index (χ3n) is 2.00. The molecule has 0 aliphatic heterocycles. The van der Waals surface area contributed by atoms with Crippen molar-refractivity contribution in [3.63, 3.8) is 0 Å². The molecule has 1 aromatic rings. The van der Waals surface area contributed by atoms with Gasteiger partial charge in [0.2, 0.25) is 0 Å². The zero-order chi connectivity index (χ0) is 9.30. The molecule has 0 aromatic carbocycles. The van der Waals surface area contributed by atoms with Crippen molar-refractivity contribution in [1.82, 2.24) is 9.78 Å². The van der Waals surface area contributed by atoms with Crippen LogP contribution in [-0.4, -0.2) is 20.4 Å². The minimum absolute atomic E-state index is 0.809. The van der Waals surface area contributed by atoms with E-state index in [-0.39, 0.29) is 0 Å². The van der Waals surface area contributed by atoms with Crippen molar-refractivity contribution in [3.8, 4) is 0 Å². The molecule has 0 aliphatic rings. The number of hydrogen-bond donors (Lipinski definition) is 0. The maximum Gasteiger partial charge on any atom is 0.161 e. The first-order chi connectivity index (χ1) is 5.57. The highest BCUT2D eigenvalue weighted by molar-refractivity contribution is 8.22. The summed E-state index contributed by atoms with van der Waals surface area (Å²) in [4.78, 5) is 0. The Kier molecular flexibility index (Phi) is 2.90. The van der Waals surface area contributed by atoms with E-state index in [1.54, 1.807) is 11.8 Å². The molecule has 0 aliphatic carbocycles. The van der Waals surface area contributed by atoms with Crippen LogP contribution in [0.5, 0.6) is 0 Å². The second-order valence-electron chi connectivity index (χ2n) is 2.68. The Morgan fingerprint density at radius 2 is 2.00 bits per heavy atom. The summed E-state index contributed by atoms with van der Waals surface area (Å²) in [5.41, 5.74) is 3.43. The van der Waals surface area contributed by atoms with E-state index in [1.807, 2.05) is 24.8 Å². The van der Waals surface area contributed by atoms with Crippen LogP contribution in [0.2, 0.25) is 0 Å². The van der Waals surface area contributed by atoms with Crippen molar-refractivity contribution in [3.05, 3.63) is 17.0 Å². The third-order valence-corrected chi connectivity index (χ3v) is 3.20. The summed E-state index contributed by atoms with van der Waals surface area (Å²) in [5, 5.41) is 4.34. The molecule has 1 rings (SSSR count). The van der Waals surface area contributed by atoms with Crippen molar-refractivity contribution in [2.45, 2.75) is 20.8 Å². The van der Waals surface area contributed by atoms with E-state index in [0.717, 1.165) is 15.7 Å². The lowest BCUT2D eigenvalue weighted by Crippen LogP contribution is -2.08. The predicted molar refractivity (Wildman–Crippen MR) is 57.9 cm³/mol. The van der Waals surface area contributed by atoms with Crippen LogP contribution in [0.4, 0.5) is 0 Å². The van der Waals surface area contributed by atoms with Gasteiger partial charge in [-0.05, 0) is 32.6 Å². The van der Waals surface area contributed by atoms with E-state index < -0.39 is 0 Å². The van der Waals surface area contributed by atoms with Crippen LogP contribution < -0.4 is 0 Å². The second-order valence-corrected chi connectivity index (χ2v) is 4.12. The summed E-state index contributed by atoms with van der Waals surface area (Å²) in [6.45, 7) is 6.11. The van der Waals surface area contributed by atoms with Gasteiger partial charge in [-0.15, -0.1) is 0 Å². The summed E-state index contributed by atoms with van der Waals surface area (Å²) in [5.74, 6) is 0. The van der Waals surface area contributed by atoms with Gasteiger partial charge in [0, 0.05) is 5.69 Å². The molecule has 66 valence electrons. The van der Waals surface area contributed by atoms with Crippen molar-refractivity contribution < 1.29 is 0 Å². The number of thioether (sulfide) groups is 1. The molecule has 1 aromatic heterocycles. The standard InChI is InChI=1S/C8H12N2S2/c1-5-6(2)9-10(7(5)3)8(11)12-4/h1-4H3. The van der Waals surface area contributed by atoms with Gasteiger partial charge < -0.3 is 0 Å². The lowest BCUT2D eigenvalue weighted by molar-refractivity contribution is 0.906. The summed E-state index contributed by atoms with van der Waals surface area (Å²) in [7, 11) is 0. The zero-order valence-electron chi connectivity index (χ0n) is 7.71. The molecule has 0 atom stereocenters. The van der Waals surface area contributed by atoms with E-state index in [2.05, 4.69) is 12.0 Å². The first-order valence-corrected chi connectivity index (χ1v) is 5.32. The van der Waals surface area contributed by atoms with Gasteiger partial charge in [-0.3, -0.25) is 0 Å². The average Bonchev–Trinajstić information content (AvgIpc) is 2.32. The topological polar surface area (TPSA) is 17.8 Å². The van der Waals surface area contributed by atoms with Crippen LogP contribution in [-0.2, 0) is 0 Å². The Morgan fingerprint density at radius 1 is 1.42 bits per heavy atom. The third kappa shape index (κ3) is 1.54. The molecule has 0 radical (unpaired) electrons. The van der Waals surface area contributed by atoms with Crippen LogP contribution in [0.1, 0.15) is 17.0 Å². The number of aromatic nitrogens is 2. The summed E-state index contributed by atoms with van der Waals surface area (Å²) in [6.07, 6.45) is 1.97. The van der Waals surface area contributed by atoms with Crippen LogP contribution >= 0.6 is 24.0 Å². The lowest BCUT2D eigenvalue weighted by atomic mass is 10.2. The van der Waals surface area contributed by atoms with Gasteiger partial charge in [-0.2, -0.15) is 5.10 Å². The Morgan fingerprint density at radius 3 is 2.33 bits per heavy atom. The molecular formula is C8H12N2S2. The molecule has 0 saturated carbocycles. The molecule has 4 heteroatoms. The molecule has 0 unspecified atom stereocenters. The van der Waals surface area contributed by atoms with Crippen LogP contribution in [0.15, 0.2) is 0 Å². The van der Waals surface area contributed by atoms with Crippen molar-refractivity contribution >= 4 is 28.3 Å². The number of rotatable bonds is 0. The largest absolute Gasteiger partial charge is 0.220 e. The van der Waals surface area contributed by atoms with E-state index >= 15 is 0 Å². The SMILES string of the molecule is CSC(=S)n1nc(C)c(C)c1C.